The monoisotopic (exact) mass is 253 g/mol. The van der Waals surface area contributed by atoms with E-state index in [2.05, 4.69) is 5.32 Å². The molecule has 0 aliphatic carbocycles. The minimum absolute atomic E-state index is 0.191. The van der Waals surface area contributed by atoms with E-state index in [9.17, 15) is 9.18 Å². The average Bonchev–Trinajstić information content (AvgIpc) is 2.37. The normalized spacial score (nSPS) is 12.6. The molecule has 98 valence electrons. The third kappa shape index (κ3) is 5.07. The quantitative estimate of drug-likeness (QED) is 0.742. The van der Waals surface area contributed by atoms with E-state index in [-0.39, 0.29) is 24.9 Å². The Kier molecular flexibility index (Phi) is 6.04. The zero-order chi connectivity index (χ0) is 13.4. The van der Waals surface area contributed by atoms with E-state index in [4.69, 9.17) is 9.84 Å². The molecule has 5 heteroatoms. The minimum Gasteiger partial charge on any atom is -0.394 e. The summed E-state index contributed by atoms with van der Waals surface area (Å²) in [5, 5.41) is 11.5. The summed E-state index contributed by atoms with van der Waals surface area (Å²) in [6.45, 7) is 0.0522. The van der Waals surface area contributed by atoms with Gasteiger partial charge in [-0.25, -0.2) is 4.39 Å². The molecule has 1 unspecified atom stereocenters. The molecule has 1 aromatic carbocycles. The maximum Gasteiger partial charge on any atom is 0.244 e. The number of methoxy groups -OCH3 is 1. The number of ether oxygens (including phenoxy) is 1. The van der Waals surface area contributed by atoms with Crippen LogP contribution >= 0.6 is 0 Å². The Labute approximate surface area is 105 Å². The summed E-state index contributed by atoms with van der Waals surface area (Å²) in [5.41, 5.74) is 0.721. The first-order valence-electron chi connectivity index (χ1n) is 5.49. The van der Waals surface area contributed by atoms with E-state index in [0.29, 0.717) is 0 Å². The fraction of sp³-hybridized carbons (Fsp3) is 0.308. The predicted molar refractivity (Wildman–Crippen MR) is 66.3 cm³/mol. The molecule has 0 radical (unpaired) electrons. The Balaban J connectivity index is 2.50. The smallest absolute Gasteiger partial charge is 0.244 e. The van der Waals surface area contributed by atoms with Crippen LogP contribution in [0.15, 0.2) is 30.3 Å². The van der Waals surface area contributed by atoms with Crippen LogP contribution in [0.5, 0.6) is 0 Å². The zero-order valence-electron chi connectivity index (χ0n) is 10.1. The lowest BCUT2D eigenvalue weighted by atomic mass is 10.2. The number of rotatable bonds is 6. The highest BCUT2D eigenvalue weighted by Crippen LogP contribution is 2.04. The molecule has 0 heterocycles. The highest BCUT2D eigenvalue weighted by atomic mass is 19.1. The molecule has 18 heavy (non-hydrogen) atoms. The van der Waals surface area contributed by atoms with Gasteiger partial charge >= 0.3 is 0 Å². The summed E-state index contributed by atoms with van der Waals surface area (Å²) < 4.78 is 17.5. The van der Waals surface area contributed by atoms with Crippen molar-refractivity contribution >= 4 is 12.0 Å². The molecule has 0 saturated heterocycles. The van der Waals surface area contributed by atoms with E-state index in [0.717, 1.165) is 5.56 Å². The first-order chi connectivity index (χ1) is 8.65. The number of aliphatic hydroxyl groups is 1. The Hall–Kier alpha value is -1.72. The summed E-state index contributed by atoms with van der Waals surface area (Å²) >= 11 is 0. The first-order valence-corrected chi connectivity index (χ1v) is 5.49. The summed E-state index contributed by atoms with van der Waals surface area (Å²) in [7, 11) is 1.49. The van der Waals surface area contributed by atoms with Crippen LogP contribution in [0.25, 0.3) is 6.08 Å². The van der Waals surface area contributed by atoms with Crippen molar-refractivity contribution in [2.24, 2.45) is 0 Å². The number of amides is 1. The number of halogens is 1. The molecule has 4 nitrogen and oxygen atoms in total. The lowest BCUT2D eigenvalue weighted by molar-refractivity contribution is -0.117. The van der Waals surface area contributed by atoms with Crippen LogP contribution in [0.3, 0.4) is 0 Å². The number of benzene rings is 1. The van der Waals surface area contributed by atoms with Gasteiger partial charge in [0.15, 0.2) is 0 Å². The van der Waals surface area contributed by atoms with Gasteiger partial charge in [-0.3, -0.25) is 4.79 Å². The molecule has 1 atom stereocenters. The molecule has 0 saturated carbocycles. The van der Waals surface area contributed by atoms with Gasteiger partial charge in [0.25, 0.3) is 0 Å². The van der Waals surface area contributed by atoms with E-state index in [1.54, 1.807) is 18.2 Å². The topological polar surface area (TPSA) is 58.6 Å². The summed E-state index contributed by atoms with van der Waals surface area (Å²) in [5.74, 6) is -0.660. The fourth-order valence-corrected chi connectivity index (χ4v) is 1.34. The van der Waals surface area contributed by atoms with Gasteiger partial charge in [-0.1, -0.05) is 12.1 Å². The van der Waals surface area contributed by atoms with Crippen molar-refractivity contribution in [2.45, 2.75) is 6.04 Å². The van der Waals surface area contributed by atoms with Crippen molar-refractivity contribution in [3.05, 3.63) is 41.7 Å². The van der Waals surface area contributed by atoms with Gasteiger partial charge in [0.05, 0.1) is 19.3 Å². The fourth-order valence-electron chi connectivity index (χ4n) is 1.34. The van der Waals surface area contributed by atoms with Gasteiger partial charge in [-0.2, -0.15) is 0 Å². The summed E-state index contributed by atoms with van der Waals surface area (Å²) in [6.07, 6.45) is 2.89. The van der Waals surface area contributed by atoms with Crippen LogP contribution in [0.2, 0.25) is 0 Å². The number of carbonyl (C=O) groups excluding carboxylic acids is 1. The van der Waals surface area contributed by atoms with E-state index < -0.39 is 6.04 Å². The molecule has 0 fully saturated rings. The predicted octanol–water partition coefficient (Wildman–Crippen LogP) is 0.962. The Morgan fingerprint density at radius 2 is 2.17 bits per heavy atom. The van der Waals surface area contributed by atoms with Crippen LogP contribution < -0.4 is 5.32 Å². The second-order valence-electron chi connectivity index (χ2n) is 3.73. The molecule has 0 spiro atoms. The Morgan fingerprint density at radius 1 is 1.50 bits per heavy atom. The van der Waals surface area contributed by atoms with Crippen LogP contribution in [0, 0.1) is 5.82 Å². The van der Waals surface area contributed by atoms with Crippen molar-refractivity contribution < 1.29 is 19.0 Å². The second-order valence-corrected chi connectivity index (χ2v) is 3.73. The number of nitrogens with one attached hydrogen (secondary N) is 1. The van der Waals surface area contributed by atoms with Crippen molar-refractivity contribution in [2.75, 3.05) is 20.3 Å². The van der Waals surface area contributed by atoms with Gasteiger partial charge in [0, 0.05) is 13.2 Å². The van der Waals surface area contributed by atoms with Crippen LogP contribution in [0.4, 0.5) is 4.39 Å². The zero-order valence-corrected chi connectivity index (χ0v) is 10.1. The van der Waals surface area contributed by atoms with Crippen LogP contribution in [-0.2, 0) is 9.53 Å². The maximum atomic E-state index is 12.6. The molecule has 2 N–H and O–H groups in total. The standard InChI is InChI=1S/C13H16FNO3/c1-18-9-12(8-16)15-13(17)7-4-10-2-5-11(14)6-3-10/h2-7,12,16H,8-9H2,1H3,(H,15,17)/b7-4+. The van der Waals surface area contributed by atoms with Gasteiger partial charge in [-0.05, 0) is 23.8 Å². The highest BCUT2D eigenvalue weighted by molar-refractivity contribution is 5.91. The molecule has 0 aliphatic rings. The molecule has 0 aliphatic heterocycles. The third-order valence-corrected chi connectivity index (χ3v) is 2.23. The van der Waals surface area contributed by atoms with Crippen LogP contribution in [0.1, 0.15) is 5.56 Å². The molecule has 1 aromatic rings. The molecule has 0 aromatic heterocycles. The van der Waals surface area contributed by atoms with Crippen molar-refractivity contribution in [3.8, 4) is 0 Å². The van der Waals surface area contributed by atoms with E-state index >= 15 is 0 Å². The van der Waals surface area contributed by atoms with Crippen LogP contribution in [-0.4, -0.2) is 37.4 Å². The number of hydrogen-bond donors (Lipinski definition) is 2. The van der Waals surface area contributed by atoms with Crippen molar-refractivity contribution in [1.29, 1.82) is 0 Å². The van der Waals surface area contributed by atoms with Gasteiger partial charge in [0.1, 0.15) is 5.82 Å². The van der Waals surface area contributed by atoms with E-state index in [1.807, 2.05) is 0 Å². The van der Waals surface area contributed by atoms with Crippen molar-refractivity contribution in [1.82, 2.24) is 5.32 Å². The Morgan fingerprint density at radius 3 is 2.72 bits per heavy atom. The first kappa shape index (κ1) is 14.3. The second kappa shape index (κ2) is 7.58. The SMILES string of the molecule is COCC(CO)NC(=O)/C=C/c1ccc(F)cc1. The average molecular weight is 253 g/mol. The van der Waals surface area contributed by atoms with Gasteiger partial charge < -0.3 is 15.2 Å². The molecule has 0 bridgehead atoms. The third-order valence-electron chi connectivity index (χ3n) is 2.23. The largest absolute Gasteiger partial charge is 0.394 e. The lowest BCUT2D eigenvalue weighted by Gasteiger charge is -2.13. The molecule has 1 rings (SSSR count). The van der Waals surface area contributed by atoms with E-state index in [1.165, 1.54) is 25.3 Å². The Bertz CT molecular complexity index is 403. The molecular formula is C13H16FNO3. The number of aliphatic hydroxyl groups excluding tert-OH is 1. The van der Waals surface area contributed by atoms with Gasteiger partial charge in [-0.15, -0.1) is 0 Å². The number of carbonyl (C=O) groups is 1. The molecular weight excluding hydrogens is 237 g/mol. The minimum atomic E-state index is -0.430. The molecule has 1 amide bonds. The maximum absolute atomic E-state index is 12.6. The summed E-state index contributed by atoms with van der Waals surface area (Å²) in [4.78, 5) is 11.5. The highest BCUT2D eigenvalue weighted by Gasteiger charge is 2.08. The number of hydrogen-bond acceptors (Lipinski definition) is 3. The lowest BCUT2D eigenvalue weighted by Crippen LogP contribution is -2.39. The van der Waals surface area contributed by atoms with Crippen molar-refractivity contribution in [3.63, 3.8) is 0 Å². The summed E-state index contributed by atoms with van der Waals surface area (Å²) in [6, 6.07) is 5.34. The van der Waals surface area contributed by atoms with Gasteiger partial charge in [0.2, 0.25) is 5.91 Å².